The fourth-order valence-electron chi connectivity index (χ4n) is 3.78. The Balaban J connectivity index is 1.32. The molecule has 0 fully saturated rings. The number of hydrogen-bond acceptors (Lipinski definition) is 8. The van der Waals surface area contributed by atoms with Gasteiger partial charge in [-0.3, -0.25) is 9.44 Å². The van der Waals surface area contributed by atoms with Crippen LogP contribution < -0.4 is 9.44 Å². The number of nitrogens with zero attached hydrogens (tertiary/aromatic N) is 1. The minimum absolute atomic E-state index is 0.0385. The molecule has 14 heteroatoms. The minimum atomic E-state index is -4.00. The summed E-state index contributed by atoms with van der Waals surface area (Å²) in [5, 5.41) is 18.0. The standard InChI is InChI=1S/C27H19N3O9S2/c31-26(32)17-3-10-21(11-4-17)40(35,36)29-19-7-1-16(2-8-19)25-28-23-15-20(9-14-24(23)39-25)30-41(37,38)22-12-5-18(6-13-22)27(33)34/h1-15,29-30H,(H,31,32)(H,33,34). The van der Waals surface area contributed by atoms with E-state index < -0.39 is 32.0 Å². The van der Waals surface area contributed by atoms with Gasteiger partial charge >= 0.3 is 11.9 Å². The van der Waals surface area contributed by atoms with Gasteiger partial charge in [0.1, 0.15) is 5.52 Å². The number of oxazole rings is 1. The quantitative estimate of drug-likeness (QED) is 0.189. The summed E-state index contributed by atoms with van der Waals surface area (Å²) in [6.45, 7) is 0. The monoisotopic (exact) mass is 593 g/mol. The Bertz CT molecular complexity index is 2000. The molecule has 0 aliphatic carbocycles. The lowest BCUT2D eigenvalue weighted by molar-refractivity contribution is 0.0686. The average Bonchev–Trinajstić information content (AvgIpc) is 3.36. The largest absolute Gasteiger partial charge is 0.478 e. The molecule has 5 rings (SSSR count). The van der Waals surface area contributed by atoms with E-state index in [0.29, 0.717) is 16.7 Å². The van der Waals surface area contributed by atoms with Crippen molar-refractivity contribution in [1.29, 1.82) is 0 Å². The van der Waals surface area contributed by atoms with Gasteiger partial charge < -0.3 is 14.6 Å². The molecule has 0 amide bonds. The van der Waals surface area contributed by atoms with Crippen molar-refractivity contribution in [3.63, 3.8) is 0 Å². The molecule has 4 N–H and O–H groups in total. The summed E-state index contributed by atoms with van der Waals surface area (Å²) >= 11 is 0. The zero-order valence-corrected chi connectivity index (χ0v) is 22.3. The Morgan fingerprint density at radius 3 is 1.59 bits per heavy atom. The molecular weight excluding hydrogens is 574 g/mol. The maximum atomic E-state index is 12.7. The Morgan fingerprint density at radius 1 is 0.634 bits per heavy atom. The Labute approximate surface area is 233 Å². The van der Waals surface area contributed by atoms with Crippen LogP contribution in [0.25, 0.3) is 22.6 Å². The zero-order valence-electron chi connectivity index (χ0n) is 20.7. The number of aromatic carboxylic acids is 2. The number of rotatable bonds is 9. The smallest absolute Gasteiger partial charge is 0.335 e. The summed E-state index contributed by atoms with van der Waals surface area (Å²) in [6.07, 6.45) is 0. The number of anilines is 2. The maximum absolute atomic E-state index is 12.7. The minimum Gasteiger partial charge on any atom is -0.478 e. The first-order chi connectivity index (χ1) is 19.4. The number of carboxylic acid groups (broad SMARTS) is 2. The summed E-state index contributed by atoms with van der Waals surface area (Å²) in [6, 6.07) is 20.2. The third kappa shape index (κ3) is 5.88. The third-order valence-corrected chi connectivity index (χ3v) is 8.64. The normalized spacial score (nSPS) is 11.7. The predicted octanol–water partition coefficient (Wildman–Crippen LogP) is 4.49. The number of carboxylic acids is 2. The molecule has 0 unspecified atom stereocenters. The van der Waals surface area contributed by atoms with E-state index in [1.807, 2.05) is 0 Å². The van der Waals surface area contributed by atoms with Crippen LogP contribution in [0.2, 0.25) is 0 Å². The van der Waals surface area contributed by atoms with Gasteiger partial charge in [-0.2, -0.15) is 0 Å². The molecular formula is C27H19N3O9S2. The molecule has 0 aliphatic heterocycles. The van der Waals surface area contributed by atoms with Gasteiger partial charge in [0.05, 0.1) is 26.6 Å². The lowest BCUT2D eigenvalue weighted by Gasteiger charge is -2.08. The van der Waals surface area contributed by atoms with Crippen molar-refractivity contribution >= 4 is 54.5 Å². The van der Waals surface area contributed by atoms with Crippen LogP contribution in [0.4, 0.5) is 11.4 Å². The first-order valence-electron chi connectivity index (χ1n) is 11.6. The van der Waals surface area contributed by atoms with Gasteiger partial charge in [0.2, 0.25) is 5.89 Å². The van der Waals surface area contributed by atoms with E-state index in [4.69, 9.17) is 14.6 Å². The molecule has 1 heterocycles. The van der Waals surface area contributed by atoms with E-state index in [9.17, 15) is 26.4 Å². The van der Waals surface area contributed by atoms with Crippen molar-refractivity contribution < 1.29 is 41.1 Å². The second-order valence-electron chi connectivity index (χ2n) is 8.65. The molecule has 1 aromatic heterocycles. The summed E-state index contributed by atoms with van der Waals surface area (Å²) < 4.78 is 61.4. The molecule has 0 saturated heterocycles. The predicted molar refractivity (Wildman–Crippen MR) is 148 cm³/mol. The Kier molecular flexibility index (Phi) is 6.94. The number of nitrogens with one attached hydrogen (secondary N) is 2. The van der Waals surface area contributed by atoms with Crippen molar-refractivity contribution in [1.82, 2.24) is 4.98 Å². The van der Waals surface area contributed by atoms with E-state index in [-0.39, 0.29) is 38.2 Å². The molecule has 0 spiro atoms. The van der Waals surface area contributed by atoms with E-state index in [2.05, 4.69) is 14.4 Å². The Hall–Kier alpha value is -5.21. The molecule has 0 atom stereocenters. The van der Waals surface area contributed by atoms with Crippen LogP contribution in [0.15, 0.2) is 105 Å². The lowest BCUT2D eigenvalue weighted by atomic mass is 10.2. The van der Waals surface area contributed by atoms with Crippen LogP contribution in [-0.2, 0) is 20.0 Å². The summed E-state index contributed by atoms with van der Waals surface area (Å²) in [4.78, 5) is 26.2. The molecule has 5 aromatic rings. The number of hydrogen-bond donors (Lipinski definition) is 4. The van der Waals surface area contributed by atoms with Gasteiger partial charge in [0, 0.05) is 11.3 Å². The van der Waals surface area contributed by atoms with Gasteiger partial charge in [-0.05, 0) is 91.0 Å². The Morgan fingerprint density at radius 2 is 1.10 bits per heavy atom. The third-order valence-electron chi connectivity index (χ3n) is 5.85. The highest BCUT2D eigenvalue weighted by Crippen LogP contribution is 2.28. The summed E-state index contributed by atoms with van der Waals surface area (Å²) in [5.41, 5.74) is 1.64. The van der Waals surface area contributed by atoms with Crippen molar-refractivity contribution in [3.05, 3.63) is 102 Å². The number of sulfonamides is 2. The molecule has 208 valence electrons. The first kappa shape index (κ1) is 27.4. The number of carbonyl (C=O) groups is 2. The van der Waals surface area contributed by atoms with E-state index in [1.54, 1.807) is 12.1 Å². The fraction of sp³-hybridized carbons (Fsp3) is 0. The molecule has 0 bridgehead atoms. The van der Waals surface area contributed by atoms with Crippen LogP contribution >= 0.6 is 0 Å². The van der Waals surface area contributed by atoms with Gasteiger partial charge in [0.25, 0.3) is 20.0 Å². The van der Waals surface area contributed by atoms with Crippen molar-refractivity contribution in [2.75, 3.05) is 9.44 Å². The SMILES string of the molecule is O=C(O)c1ccc(S(=O)(=O)Nc2ccc(-c3nc4cc(NS(=O)(=O)c5ccc(C(=O)O)cc5)ccc4o3)cc2)cc1. The van der Waals surface area contributed by atoms with Crippen molar-refractivity contribution in [2.24, 2.45) is 0 Å². The van der Waals surface area contributed by atoms with E-state index in [1.165, 1.54) is 78.9 Å². The van der Waals surface area contributed by atoms with Crippen LogP contribution in [-0.4, -0.2) is 44.0 Å². The number of aromatic nitrogens is 1. The fourth-order valence-corrected chi connectivity index (χ4v) is 5.88. The van der Waals surface area contributed by atoms with Gasteiger partial charge in [-0.25, -0.2) is 31.4 Å². The average molecular weight is 594 g/mol. The summed E-state index contributed by atoms with van der Waals surface area (Å²) in [5.74, 6) is -2.13. The summed E-state index contributed by atoms with van der Waals surface area (Å²) in [7, 11) is -7.96. The van der Waals surface area contributed by atoms with Crippen LogP contribution in [0.3, 0.4) is 0 Å². The molecule has 0 radical (unpaired) electrons. The molecule has 0 saturated carbocycles. The zero-order chi connectivity index (χ0) is 29.4. The van der Waals surface area contributed by atoms with Gasteiger partial charge in [-0.15, -0.1) is 0 Å². The van der Waals surface area contributed by atoms with E-state index >= 15 is 0 Å². The van der Waals surface area contributed by atoms with Crippen molar-refractivity contribution in [2.45, 2.75) is 9.79 Å². The van der Waals surface area contributed by atoms with Gasteiger partial charge in [0.15, 0.2) is 5.58 Å². The highest BCUT2D eigenvalue weighted by molar-refractivity contribution is 7.93. The maximum Gasteiger partial charge on any atom is 0.335 e. The van der Waals surface area contributed by atoms with Gasteiger partial charge in [-0.1, -0.05) is 0 Å². The highest BCUT2D eigenvalue weighted by Gasteiger charge is 2.18. The first-order valence-corrected chi connectivity index (χ1v) is 14.6. The number of benzene rings is 4. The van der Waals surface area contributed by atoms with Crippen LogP contribution in [0, 0.1) is 0 Å². The lowest BCUT2D eigenvalue weighted by Crippen LogP contribution is -2.13. The van der Waals surface area contributed by atoms with Crippen LogP contribution in [0.5, 0.6) is 0 Å². The topological polar surface area (TPSA) is 193 Å². The number of fused-ring (bicyclic) bond motifs is 1. The molecule has 4 aromatic carbocycles. The molecule has 41 heavy (non-hydrogen) atoms. The van der Waals surface area contributed by atoms with Crippen molar-refractivity contribution in [3.8, 4) is 11.5 Å². The second kappa shape index (κ2) is 10.4. The highest BCUT2D eigenvalue weighted by atomic mass is 32.2. The molecule has 0 aliphatic rings. The second-order valence-corrected chi connectivity index (χ2v) is 12.0. The van der Waals surface area contributed by atoms with Crippen LogP contribution in [0.1, 0.15) is 20.7 Å². The molecule has 12 nitrogen and oxygen atoms in total. The van der Waals surface area contributed by atoms with E-state index in [0.717, 1.165) is 0 Å².